The maximum Gasteiger partial charge on any atom is 0.287 e. The molecule has 2 aliphatic rings. The van der Waals surface area contributed by atoms with Crippen LogP contribution in [0.3, 0.4) is 0 Å². The summed E-state index contributed by atoms with van der Waals surface area (Å²) in [6.45, 7) is -0.560. The number of nitrogens with one attached hydrogen (secondary N) is 2. The number of nitrogens with zero attached hydrogens (tertiary/aromatic N) is 3. The first-order valence-corrected chi connectivity index (χ1v) is 8.74. The number of aromatic nitrogens is 2. The highest BCUT2D eigenvalue weighted by molar-refractivity contribution is 5.98. The summed E-state index contributed by atoms with van der Waals surface area (Å²) in [5.74, 6) is -0.729. The van der Waals surface area contributed by atoms with Crippen LogP contribution in [0.2, 0.25) is 0 Å². The Labute approximate surface area is 158 Å². The molecule has 2 aliphatic carbocycles. The second-order valence-electron chi connectivity index (χ2n) is 6.74. The van der Waals surface area contributed by atoms with Crippen LogP contribution in [0.1, 0.15) is 35.7 Å². The molecule has 0 saturated heterocycles. The van der Waals surface area contributed by atoms with Gasteiger partial charge in [-0.05, 0) is 40.0 Å². The zero-order valence-corrected chi connectivity index (χ0v) is 14.6. The van der Waals surface area contributed by atoms with Crippen LogP contribution < -0.4 is 15.4 Å². The van der Waals surface area contributed by atoms with Crippen LogP contribution in [0, 0.1) is 5.82 Å². The largest absolute Gasteiger partial charge is 0.470 e. The molecular weight excluding hydrogens is 373 g/mol. The van der Waals surface area contributed by atoms with Crippen LogP contribution in [-0.2, 0) is 11.2 Å². The van der Waals surface area contributed by atoms with Gasteiger partial charge in [0.2, 0.25) is 17.4 Å². The molecule has 1 amide bonds. The van der Waals surface area contributed by atoms with Gasteiger partial charge in [0.1, 0.15) is 18.5 Å². The highest BCUT2D eigenvalue weighted by Gasteiger charge is 2.35. The highest BCUT2D eigenvalue weighted by atomic mass is 19.1. The predicted molar refractivity (Wildman–Crippen MR) is 91.3 cm³/mol. The number of amidine groups is 1. The second kappa shape index (κ2) is 7.43. The molecule has 148 valence electrons. The topological polar surface area (TPSA) is 142 Å². The summed E-state index contributed by atoms with van der Waals surface area (Å²) in [4.78, 5) is 11.2. The smallest absolute Gasteiger partial charge is 0.287 e. The Hall–Kier alpha value is -3.21. The Kier molecular flexibility index (Phi) is 4.82. The molecule has 11 heteroatoms. The van der Waals surface area contributed by atoms with Gasteiger partial charge in [0.05, 0.1) is 6.04 Å². The Balaban J connectivity index is 1.37. The van der Waals surface area contributed by atoms with E-state index >= 15 is 0 Å². The third-order valence-electron chi connectivity index (χ3n) is 4.88. The predicted octanol–water partition coefficient (Wildman–Crippen LogP) is 0.250. The van der Waals surface area contributed by atoms with E-state index in [9.17, 15) is 14.4 Å². The molecule has 1 saturated carbocycles. The molecular formula is C17H18FN5O5. The minimum absolute atomic E-state index is 0.000572. The third kappa shape index (κ3) is 3.48. The average Bonchev–Trinajstić information content (AvgIpc) is 3.10. The maximum absolute atomic E-state index is 13.4. The fourth-order valence-electron chi connectivity index (χ4n) is 3.33. The van der Waals surface area contributed by atoms with E-state index in [1.54, 1.807) is 6.07 Å². The number of amides is 1. The van der Waals surface area contributed by atoms with Gasteiger partial charge in [-0.25, -0.2) is 9.02 Å². The lowest BCUT2D eigenvalue weighted by Gasteiger charge is -2.35. The number of benzene rings is 1. The van der Waals surface area contributed by atoms with Crippen molar-refractivity contribution in [3.63, 3.8) is 0 Å². The molecule has 1 aromatic carbocycles. The van der Waals surface area contributed by atoms with Crippen molar-refractivity contribution >= 4 is 11.7 Å². The van der Waals surface area contributed by atoms with E-state index in [1.165, 1.54) is 12.1 Å². The summed E-state index contributed by atoms with van der Waals surface area (Å²) in [7, 11) is 0. The minimum Gasteiger partial charge on any atom is -0.470 e. The number of ether oxygens (including phenoxy) is 1. The fraction of sp³-hybridized carbons (Fsp3) is 0.412. The number of aliphatic hydroxyl groups is 1. The van der Waals surface area contributed by atoms with Crippen molar-refractivity contribution in [3.8, 4) is 5.88 Å². The monoisotopic (exact) mass is 391 g/mol. The van der Waals surface area contributed by atoms with Crippen LogP contribution in [-0.4, -0.2) is 51.1 Å². The number of carbonyl (C=O) groups excluding carboxylic acids is 1. The summed E-state index contributed by atoms with van der Waals surface area (Å²) in [5.41, 5.74) is 1.88. The van der Waals surface area contributed by atoms with E-state index in [4.69, 9.17) is 14.5 Å². The van der Waals surface area contributed by atoms with Crippen molar-refractivity contribution in [2.45, 2.75) is 37.5 Å². The zero-order valence-electron chi connectivity index (χ0n) is 14.6. The van der Waals surface area contributed by atoms with Gasteiger partial charge in [-0.2, -0.15) is 0 Å². The summed E-state index contributed by atoms with van der Waals surface area (Å²) in [5, 5.41) is 34.4. The van der Waals surface area contributed by atoms with Crippen molar-refractivity contribution in [1.29, 1.82) is 0 Å². The number of fused-ring (bicyclic) bond motifs is 1. The summed E-state index contributed by atoms with van der Waals surface area (Å²) >= 11 is 0. The summed E-state index contributed by atoms with van der Waals surface area (Å²) in [6.07, 6.45) is 1.48. The number of rotatable bonds is 6. The number of halogens is 1. The van der Waals surface area contributed by atoms with Crippen molar-refractivity contribution in [1.82, 2.24) is 20.9 Å². The Bertz CT molecular complexity index is 911. The summed E-state index contributed by atoms with van der Waals surface area (Å²) < 4.78 is 23.8. The number of aliphatic hydroxyl groups excluding tert-OH is 1. The van der Waals surface area contributed by atoms with Crippen molar-refractivity contribution < 1.29 is 28.9 Å². The van der Waals surface area contributed by atoms with Gasteiger partial charge in [0.15, 0.2) is 0 Å². The lowest BCUT2D eigenvalue weighted by Crippen LogP contribution is -2.49. The molecule has 1 atom stereocenters. The third-order valence-corrected chi connectivity index (χ3v) is 4.88. The van der Waals surface area contributed by atoms with Gasteiger partial charge >= 0.3 is 0 Å². The minimum atomic E-state index is -0.560. The highest BCUT2D eigenvalue weighted by Crippen LogP contribution is 2.34. The lowest BCUT2D eigenvalue weighted by atomic mass is 9.83. The first-order chi connectivity index (χ1) is 13.6. The molecule has 1 aromatic heterocycles. The van der Waals surface area contributed by atoms with Crippen LogP contribution >= 0.6 is 0 Å². The first-order valence-electron chi connectivity index (χ1n) is 8.74. The first kappa shape index (κ1) is 18.2. The molecule has 0 aliphatic heterocycles. The molecule has 0 unspecified atom stereocenters. The van der Waals surface area contributed by atoms with Crippen molar-refractivity contribution in [2.24, 2.45) is 5.16 Å². The molecule has 1 heterocycles. The number of carbonyl (C=O) groups is 1. The molecule has 0 spiro atoms. The van der Waals surface area contributed by atoms with Crippen LogP contribution in [0.4, 0.5) is 4.39 Å². The second-order valence-corrected chi connectivity index (χ2v) is 6.74. The van der Waals surface area contributed by atoms with Gasteiger partial charge in [0, 0.05) is 18.9 Å². The van der Waals surface area contributed by atoms with Crippen LogP contribution in [0.5, 0.6) is 5.88 Å². The van der Waals surface area contributed by atoms with E-state index in [0.717, 1.165) is 11.1 Å². The van der Waals surface area contributed by atoms with Gasteiger partial charge < -0.3 is 25.7 Å². The van der Waals surface area contributed by atoms with Crippen LogP contribution in [0.25, 0.3) is 0 Å². The number of hydrogen-bond acceptors (Lipinski definition) is 8. The number of hydrogen-bond donors (Lipinski definition) is 4. The van der Waals surface area contributed by atoms with Gasteiger partial charge in [-0.3, -0.25) is 4.79 Å². The Morgan fingerprint density at radius 3 is 2.93 bits per heavy atom. The Morgan fingerprint density at radius 1 is 1.36 bits per heavy atom. The maximum atomic E-state index is 13.4. The molecule has 0 radical (unpaired) electrons. The van der Waals surface area contributed by atoms with E-state index in [2.05, 4.69) is 26.1 Å². The van der Waals surface area contributed by atoms with E-state index < -0.39 is 12.5 Å². The average molecular weight is 391 g/mol. The molecule has 28 heavy (non-hydrogen) atoms. The van der Waals surface area contributed by atoms with Gasteiger partial charge in [-0.15, -0.1) is 0 Å². The van der Waals surface area contributed by atoms with Crippen molar-refractivity contribution in [3.05, 3.63) is 40.8 Å². The number of oxime groups is 1. The molecule has 2 aromatic rings. The molecule has 4 rings (SSSR count). The van der Waals surface area contributed by atoms with Gasteiger partial charge in [-0.1, -0.05) is 11.2 Å². The zero-order chi connectivity index (χ0) is 19.7. The lowest BCUT2D eigenvalue weighted by molar-refractivity contribution is -0.125. The van der Waals surface area contributed by atoms with Crippen LogP contribution in [0.15, 0.2) is 28.0 Å². The normalized spacial score (nSPS) is 23.2. The molecule has 1 fully saturated rings. The van der Waals surface area contributed by atoms with E-state index in [0.29, 0.717) is 19.3 Å². The molecule has 0 bridgehead atoms. The Morgan fingerprint density at radius 2 is 2.18 bits per heavy atom. The van der Waals surface area contributed by atoms with E-state index in [-0.39, 0.29) is 41.4 Å². The SMILES string of the molecule is O=C(CO)N[C@H]1C[C@@H](Oc2nonc2/C(=N\O)N[C@H]2Cc3ccc(F)cc32)C1. The standard InChI is InChI=1S/C17H18FN5O5/c18-9-2-1-8-3-13(12(8)4-9)20-16(21-26)15-17(23-28-22-15)27-11-5-10(6-11)19-14(25)7-24/h1-2,4,10-11,13,24,26H,3,5-7H2,(H,19,25)(H,20,21)/t10-,11+,13-/m0/s1. The van der Waals surface area contributed by atoms with Gasteiger partial charge in [0.25, 0.3) is 5.88 Å². The van der Waals surface area contributed by atoms with Crippen molar-refractivity contribution in [2.75, 3.05) is 6.61 Å². The molecule has 10 nitrogen and oxygen atoms in total. The van der Waals surface area contributed by atoms with E-state index in [1.807, 2.05) is 0 Å². The fourth-order valence-corrected chi connectivity index (χ4v) is 3.33. The summed E-state index contributed by atoms with van der Waals surface area (Å²) in [6, 6.07) is 4.23. The molecule has 4 N–H and O–H groups in total. The quantitative estimate of drug-likeness (QED) is 0.238.